The maximum absolute atomic E-state index is 7.56. The zero-order valence-electron chi connectivity index (χ0n) is 49.3. The third-order valence-electron chi connectivity index (χ3n) is 19.9. The predicted octanol–water partition coefficient (Wildman–Crippen LogP) is 19.0. The van der Waals surface area contributed by atoms with Crippen LogP contribution in [-0.2, 0) is 32.5 Å². The van der Waals surface area contributed by atoms with E-state index in [-0.39, 0.29) is 50.0 Å². The average Bonchev–Trinajstić information content (AvgIpc) is 3.69. The minimum atomic E-state index is -0.144. The van der Waals surface area contributed by atoms with Crippen molar-refractivity contribution >= 4 is 62.8 Å². The van der Waals surface area contributed by atoms with Gasteiger partial charge in [0.15, 0.2) is 0 Å². The van der Waals surface area contributed by atoms with Gasteiger partial charge >= 0.3 is 0 Å². The molecule has 0 bridgehead atoms. The van der Waals surface area contributed by atoms with Crippen LogP contribution in [0, 0.1) is 10.8 Å². The van der Waals surface area contributed by atoms with Gasteiger partial charge in [-0.25, -0.2) is 0 Å². The molecule has 388 valence electrons. The van der Waals surface area contributed by atoms with Crippen LogP contribution < -0.4 is 20.7 Å². The SMILES string of the molecule is CC1=C(/C=C2\CC(C)(C)CCC2(C)C)B2c3c(cc(C(C)(C)C)cc3N(c3ccc4c(c3)C(C)(C)CCC4(C)C)c3oc4ccc(C(C)(C)C)cc4c32)N1c1cc2c(cc1C1=CC=CCC1)C(C)(C)CCC2(C)C. The quantitative estimate of drug-likeness (QED) is 0.167. The first-order chi connectivity index (χ1) is 34.3. The van der Waals surface area contributed by atoms with Gasteiger partial charge in [0.25, 0.3) is 6.71 Å². The molecule has 4 aromatic carbocycles. The number of hydrogen-bond donors (Lipinski definition) is 0. The van der Waals surface area contributed by atoms with Crippen LogP contribution in [0.15, 0.2) is 106 Å². The molecule has 74 heavy (non-hydrogen) atoms. The lowest BCUT2D eigenvalue weighted by Crippen LogP contribution is -2.55. The second-order valence-electron chi connectivity index (χ2n) is 30.3. The van der Waals surface area contributed by atoms with Crippen molar-refractivity contribution in [2.24, 2.45) is 10.8 Å². The monoisotopic (exact) mass is 985 g/mol. The molecule has 0 unspecified atom stereocenters. The average molecular weight is 985 g/mol. The smallest absolute Gasteiger partial charge is 0.256 e. The van der Waals surface area contributed by atoms with Gasteiger partial charge in [0, 0.05) is 39.2 Å². The molecular formula is C70H89BN2O. The Morgan fingerprint density at radius 1 is 0.568 bits per heavy atom. The number of rotatable bonds is 4. The van der Waals surface area contributed by atoms with E-state index in [9.17, 15) is 0 Å². The Bertz CT molecular complexity index is 3300. The first-order valence-electron chi connectivity index (χ1n) is 28.8. The van der Waals surface area contributed by atoms with Crippen LogP contribution in [-0.4, -0.2) is 6.71 Å². The molecule has 2 aliphatic heterocycles. The molecule has 4 heteroatoms. The Morgan fingerprint density at radius 3 is 1.76 bits per heavy atom. The largest absolute Gasteiger partial charge is 0.440 e. The van der Waals surface area contributed by atoms with E-state index in [2.05, 4.69) is 226 Å². The van der Waals surface area contributed by atoms with E-state index in [4.69, 9.17) is 4.42 Å². The summed E-state index contributed by atoms with van der Waals surface area (Å²) in [7, 11) is 0. The topological polar surface area (TPSA) is 19.6 Å². The van der Waals surface area contributed by atoms with E-state index in [0.29, 0.717) is 0 Å². The van der Waals surface area contributed by atoms with Crippen molar-refractivity contribution in [3.8, 4) is 0 Å². The van der Waals surface area contributed by atoms with Crippen molar-refractivity contribution in [2.75, 3.05) is 9.80 Å². The number of furan rings is 1. The molecule has 0 saturated heterocycles. The lowest BCUT2D eigenvalue weighted by Gasteiger charge is -2.47. The summed E-state index contributed by atoms with van der Waals surface area (Å²) in [6, 6.07) is 25.1. The molecule has 3 heterocycles. The number of benzene rings is 4. The van der Waals surface area contributed by atoms with Crippen molar-refractivity contribution in [3.63, 3.8) is 0 Å². The molecule has 11 rings (SSSR count). The van der Waals surface area contributed by atoms with Crippen LogP contribution in [0.3, 0.4) is 0 Å². The van der Waals surface area contributed by atoms with Crippen molar-refractivity contribution < 1.29 is 4.42 Å². The normalized spacial score (nSPS) is 22.6. The van der Waals surface area contributed by atoms with Gasteiger partial charge in [-0.15, -0.1) is 0 Å². The predicted molar refractivity (Wildman–Crippen MR) is 321 cm³/mol. The zero-order valence-corrected chi connectivity index (χ0v) is 49.3. The highest BCUT2D eigenvalue weighted by atomic mass is 16.4. The second-order valence-corrected chi connectivity index (χ2v) is 30.3. The third kappa shape index (κ3) is 8.18. The van der Waals surface area contributed by atoms with E-state index in [0.717, 1.165) is 37.2 Å². The van der Waals surface area contributed by atoms with Crippen LogP contribution in [0.1, 0.15) is 228 Å². The number of fused-ring (bicyclic) bond motifs is 6. The van der Waals surface area contributed by atoms with E-state index in [1.165, 1.54) is 127 Å². The first kappa shape index (κ1) is 51.2. The van der Waals surface area contributed by atoms with Crippen molar-refractivity contribution in [1.82, 2.24) is 0 Å². The zero-order chi connectivity index (χ0) is 53.2. The number of anilines is 5. The fourth-order valence-corrected chi connectivity index (χ4v) is 14.3. The van der Waals surface area contributed by atoms with Crippen molar-refractivity contribution in [1.29, 1.82) is 0 Å². The van der Waals surface area contributed by atoms with Gasteiger partial charge < -0.3 is 9.32 Å². The van der Waals surface area contributed by atoms with Gasteiger partial charge in [0.2, 0.25) is 5.88 Å². The van der Waals surface area contributed by atoms with Gasteiger partial charge in [-0.05, 0) is 206 Å². The van der Waals surface area contributed by atoms with Gasteiger partial charge in [0.05, 0.1) is 5.69 Å². The Morgan fingerprint density at radius 2 is 1.15 bits per heavy atom. The minimum Gasteiger partial charge on any atom is -0.440 e. The molecule has 1 aromatic heterocycles. The molecule has 0 amide bonds. The fraction of sp³-hybridized carbons (Fsp3) is 0.514. The summed E-state index contributed by atoms with van der Waals surface area (Å²) in [4.78, 5) is 5.37. The highest BCUT2D eigenvalue weighted by molar-refractivity contribution is 6.97. The summed E-state index contributed by atoms with van der Waals surface area (Å²) in [6.07, 6.45) is 20.1. The van der Waals surface area contributed by atoms with E-state index < -0.39 is 0 Å². The maximum Gasteiger partial charge on any atom is 0.256 e. The first-order valence-corrected chi connectivity index (χ1v) is 28.8. The lowest BCUT2D eigenvalue weighted by molar-refractivity contribution is 0.199. The van der Waals surface area contributed by atoms with Crippen LogP contribution in [0.4, 0.5) is 28.6 Å². The standard InChI is InChI=1S/C70H89BN2O/c1-43-55(36-47-42-65(8,9)29-30-66(47,10)11)71-60-50-35-45(63(2,3)4)25-28-59(50)74-62(60)73(48-26-27-51-52(39-48)68(14,15)32-31-67(51,12)13)58-38-46(64(5,6)7)37-57(61(58)71)72(43)56-41-54-53(69(16,17)33-34-70(54,18)19)40-49(56)44-23-21-20-22-24-44/h20-21,23,25-28,35-41H,22,24,29-34,42H2,1-19H3/b47-36+. The maximum atomic E-state index is 7.56. The molecule has 1 saturated carbocycles. The highest BCUT2D eigenvalue weighted by Crippen LogP contribution is 2.56. The molecule has 0 N–H and O–H groups in total. The summed E-state index contributed by atoms with van der Waals surface area (Å²) >= 11 is 0. The van der Waals surface area contributed by atoms with Crippen molar-refractivity contribution in [3.05, 3.63) is 141 Å². The van der Waals surface area contributed by atoms with Gasteiger partial charge in [-0.1, -0.05) is 167 Å². The second kappa shape index (κ2) is 16.5. The van der Waals surface area contributed by atoms with E-state index in [1.807, 2.05) is 0 Å². The Balaban J connectivity index is 1.32. The van der Waals surface area contributed by atoms with Gasteiger partial charge in [-0.3, -0.25) is 4.90 Å². The molecule has 0 radical (unpaired) electrons. The minimum absolute atomic E-state index is 0.0328. The van der Waals surface area contributed by atoms with Gasteiger partial charge in [-0.2, -0.15) is 0 Å². The summed E-state index contributed by atoms with van der Waals surface area (Å²) < 4.78 is 7.56. The van der Waals surface area contributed by atoms with Crippen LogP contribution in [0.25, 0.3) is 16.5 Å². The summed E-state index contributed by atoms with van der Waals surface area (Å²) in [5.74, 6) is 0.964. The Labute approximate surface area is 448 Å². The summed E-state index contributed by atoms with van der Waals surface area (Å²) in [6.45, 7) is 46.5. The van der Waals surface area contributed by atoms with Crippen LogP contribution in [0.2, 0.25) is 0 Å². The molecule has 5 aromatic rings. The highest BCUT2D eigenvalue weighted by Gasteiger charge is 2.50. The molecule has 6 aliphatic rings. The van der Waals surface area contributed by atoms with Crippen LogP contribution >= 0.6 is 0 Å². The lowest BCUT2D eigenvalue weighted by atomic mass is 9.32. The fourth-order valence-electron chi connectivity index (χ4n) is 14.3. The van der Waals surface area contributed by atoms with Crippen molar-refractivity contribution in [2.45, 2.75) is 222 Å². The summed E-state index contributed by atoms with van der Waals surface area (Å²) in [5.41, 5.74) is 24.8. The van der Waals surface area contributed by atoms with Crippen LogP contribution in [0.5, 0.6) is 0 Å². The molecule has 4 aliphatic carbocycles. The van der Waals surface area contributed by atoms with E-state index >= 15 is 0 Å². The number of allylic oxidation sites excluding steroid dienone is 8. The Hall–Kier alpha value is -4.96. The molecule has 0 atom stereocenters. The Kier molecular flexibility index (Phi) is 11.4. The van der Waals surface area contributed by atoms with E-state index in [1.54, 1.807) is 5.57 Å². The van der Waals surface area contributed by atoms with Gasteiger partial charge in [0.1, 0.15) is 5.58 Å². The molecule has 0 spiro atoms. The molecular weight excluding hydrogens is 896 g/mol. The number of hydrogen-bond acceptors (Lipinski definition) is 3. The third-order valence-corrected chi connectivity index (χ3v) is 19.9. The molecule has 1 fully saturated rings. The molecule has 3 nitrogen and oxygen atoms in total. The summed E-state index contributed by atoms with van der Waals surface area (Å²) in [5, 5.41) is 1.23. The number of nitrogens with zero attached hydrogens (tertiary/aromatic N) is 2.